The van der Waals surface area contributed by atoms with Gasteiger partial charge in [0.05, 0.1) is 0 Å². The summed E-state index contributed by atoms with van der Waals surface area (Å²) in [6.07, 6.45) is 8.34. The van der Waals surface area contributed by atoms with Crippen LogP contribution in [-0.2, 0) is 41.5 Å². The van der Waals surface area contributed by atoms with Crippen molar-refractivity contribution in [3.63, 3.8) is 0 Å². The Morgan fingerprint density at radius 3 is 1.86 bits per heavy atom. The van der Waals surface area contributed by atoms with Gasteiger partial charge in [0, 0.05) is 0 Å². The van der Waals surface area contributed by atoms with Gasteiger partial charge in [-0.05, 0) is 17.4 Å². The Labute approximate surface area is 283 Å². The summed E-state index contributed by atoms with van der Waals surface area (Å²) in [5.74, 6) is 0. The maximum absolute atomic E-state index is 3.53. The first-order valence-electron chi connectivity index (χ1n) is 15.0. The van der Waals surface area contributed by atoms with Crippen molar-refractivity contribution in [1.29, 1.82) is 0 Å². The van der Waals surface area contributed by atoms with Crippen LogP contribution in [0.15, 0.2) is 78.9 Å². The van der Waals surface area contributed by atoms with Crippen molar-refractivity contribution >= 4 is 3.21 Å². The summed E-state index contributed by atoms with van der Waals surface area (Å²) < 4.78 is 1.80. The van der Waals surface area contributed by atoms with Crippen LogP contribution < -0.4 is 24.8 Å². The molecule has 0 nitrogen and oxygen atoms in total. The van der Waals surface area contributed by atoms with Gasteiger partial charge in [0.1, 0.15) is 0 Å². The fraction of sp³-hybridized carbons (Fsp3) is 0.385. The summed E-state index contributed by atoms with van der Waals surface area (Å²) in [5.41, 5.74) is 12.7. The summed E-state index contributed by atoms with van der Waals surface area (Å²) in [6.45, 7) is 15.8. The second kappa shape index (κ2) is 15.9. The number of aryl methyl sites for hydroxylation is 1. The van der Waals surface area contributed by atoms with Crippen LogP contribution >= 0.6 is 0 Å². The van der Waals surface area contributed by atoms with E-state index in [1.807, 2.05) is 6.07 Å². The van der Waals surface area contributed by atoms with Crippen LogP contribution in [0.3, 0.4) is 0 Å². The number of rotatable bonds is 1. The van der Waals surface area contributed by atoms with E-state index in [1.165, 1.54) is 82.2 Å². The molecule has 1 fully saturated rings. The standard InChI is InChI=1S/C21H25.C12H11.C6H10.2ClH.Zr/c1-20(2,3)16-9-7-14-11-15-8-10-17(21(4,5)6)13-19(15)18(14)12-16;1-10-7-8-12(9-10)11-5-3-2-4-6-11;1-2-4-6-5-3-1;;;/h7,9-10,12-13H,11H2,1-6H3;2-9H,1H3;1-5H2;2*1H;/q2*-1;;;;+2/p-2. The Balaban J connectivity index is 0.000000248. The van der Waals surface area contributed by atoms with Gasteiger partial charge >= 0.3 is 59.5 Å². The second-order valence-electron chi connectivity index (χ2n) is 13.5. The van der Waals surface area contributed by atoms with E-state index >= 15 is 0 Å². The third-order valence-corrected chi connectivity index (χ3v) is 9.23. The number of benzene rings is 3. The van der Waals surface area contributed by atoms with Crippen molar-refractivity contribution < 1.29 is 49.0 Å². The van der Waals surface area contributed by atoms with Gasteiger partial charge in [0.15, 0.2) is 0 Å². The monoisotopic (exact) mass is 674 g/mol. The van der Waals surface area contributed by atoms with E-state index in [0.717, 1.165) is 6.42 Å². The molecule has 0 saturated heterocycles. The SMILES string of the molecule is CC(C)(C)c1c[c-]c2c(c1)-c1cc(C(C)(C)C)ccc1C2.Cc1cc(-c2ccccc2)c[cH-]1.[Cl-].[Cl-].[Zr+2]=[C]1CCCCC1. The molecule has 0 aromatic heterocycles. The van der Waals surface area contributed by atoms with E-state index in [-0.39, 0.29) is 35.6 Å². The normalized spacial score (nSPS) is 13.7. The molecule has 0 heterocycles. The molecule has 0 amide bonds. The summed E-state index contributed by atoms with van der Waals surface area (Å²) in [5, 5.41) is 0. The van der Waals surface area contributed by atoms with Crippen LogP contribution in [0.4, 0.5) is 0 Å². The van der Waals surface area contributed by atoms with Crippen molar-refractivity contribution in [3.05, 3.63) is 113 Å². The fourth-order valence-electron chi connectivity index (χ4n) is 5.34. The Morgan fingerprint density at radius 2 is 1.33 bits per heavy atom. The molecule has 0 bridgehead atoms. The molecule has 222 valence electrons. The molecule has 2 aliphatic carbocycles. The molecule has 1 saturated carbocycles. The summed E-state index contributed by atoms with van der Waals surface area (Å²) in [6, 6.07) is 32.0. The van der Waals surface area contributed by atoms with Crippen LogP contribution in [0.5, 0.6) is 0 Å². The first-order valence-corrected chi connectivity index (χ1v) is 16.2. The predicted molar refractivity (Wildman–Crippen MR) is 171 cm³/mol. The molecular weight excluding hydrogens is 631 g/mol. The predicted octanol–water partition coefficient (Wildman–Crippen LogP) is 4.71. The quantitative estimate of drug-likeness (QED) is 0.226. The molecular formula is C39H46Cl2Zr-2. The zero-order valence-electron chi connectivity index (χ0n) is 26.5. The third kappa shape index (κ3) is 9.94. The Morgan fingerprint density at radius 1 is 0.714 bits per heavy atom. The molecule has 3 heteroatoms. The summed E-state index contributed by atoms with van der Waals surface area (Å²) >= 11 is 1.69. The minimum absolute atomic E-state index is 0. The molecule has 0 radical (unpaired) electrons. The number of fused-ring (bicyclic) bond motifs is 3. The Hall–Kier alpha value is -1.66. The number of halogens is 2. The van der Waals surface area contributed by atoms with Gasteiger partial charge in [0.25, 0.3) is 0 Å². The topological polar surface area (TPSA) is 0 Å². The van der Waals surface area contributed by atoms with Crippen molar-refractivity contribution in [1.82, 2.24) is 0 Å². The molecule has 42 heavy (non-hydrogen) atoms. The Kier molecular flexibility index (Phi) is 13.8. The zero-order chi connectivity index (χ0) is 28.9. The first kappa shape index (κ1) is 36.5. The van der Waals surface area contributed by atoms with Gasteiger partial charge < -0.3 is 24.8 Å². The van der Waals surface area contributed by atoms with E-state index in [1.54, 1.807) is 27.4 Å². The van der Waals surface area contributed by atoms with E-state index < -0.39 is 0 Å². The first-order chi connectivity index (χ1) is 18.9. The molecule has 0 spiro atoms. The molecule has 4 aromatic carbocycles. The minimum atomic E-state index is 0. The van der Waals surface area contributed by atoms with Gasteiger partial charge in [-0.15, -0.1) is 5.56 Å². The van der Waals surface area contributed by atoms with Crippen LogP contribution in [0.1, 0.15) is 101 Å². The molecule has 0 unspecified atom stereocenters. The van der Waals surface area contributed by atoms with Crippen molar-refractivity contribution in [2.45, 2.75) is 97.8 Å². The number of hydrogen-bond donors (Lipinski definition) is 0. The molecule has 0 atom stereocenters. The van der Waals surface area contributed by atoms with Crippen LogP contribution in [0.2, 0.25) is 0 Å². The Bertz CT molecular complexity index is 1360. The zero-order valence-corrected chi connectivity index (χ0v) is 30.5. The molecule has 2 aliphatic rings. The number of hydrogen-bond acceptors (Lipinski definition) is 0. The van der Waals surface area contributed by atoms with Crippen molar-refractivity contribution in [2.24, 2.45) is 0 Å². The van der Waals surface area contributed by atoms with E-state index in [0.29, 0.717) is 0 Å². The fourth-order valence-corrected chi connectivity index (χ4v) is 6.21. The third-order valence-electron chi connectivity index (χ3n) is 8.00. The average molecular weight is 677 g/mol. The summed E-state index contributed by atoms with van der Waals surface area (Å²) in [7, 11) is 0. The summed E-state index contributed by atoms with van der Waals surface area (Å²) in [4.78, 5) is 0. The van der Waals surface area contributed by atoms with Gasteiger partial charge in [-0.1, -0.05) is 119 Å². The average Bonchev–Trinajstić information content (AvgIpc) is 3.52. The van der Waals surface area contributed by atoms with Crippen LogP contribution in [0.25, 0.3) is 22.3 Å². The molecule has 4 aromatic rings. The second-order valence-corrected chi connectivity index (χ2v) is 15.3. The van der Waals surface area contributed by atoms with Gasteiger partial charge in [-0.25, -0.2) is 6.07 Å². The molecule has 6 rings (SSSR count). The van der Waals surface area contributed by atoms with Crippen molar-refractivity contribution in [3.8, 4) is 22.3 Å². The van der Waals surface area contributed by atoms with E-state index in [9.17, 15) is 0 Å². The van der Waals surface area contributed by atoms with Crippen molar-refractivity contribution in [2.75, 3.05) is 0 Å². The van der Waals surface area contributed by atoms with Gasteiger partial charge in [-0.2, -0.15) is 52.6 Å². The molecule has 0 aliphatic heterocycles. The van der Waals surface area contributed by atoms with E-state index in [4.69, 9.17) is 0 Å². The van der Waals surface area contributed by atoms with Gasteiger partial charge in [-0.3, -0.25) is 0 Å². The van der Waals surface area contributed by atoms with Gasteiger partial charge in [0.2, 0.25) is 0 Å². The molecule has 0 N–H and O–H groups in total. The maximum atomic E-state index is 3.53. The van der Waals surface area contributed by atoms with E-state index in [2.05, 4.69) is 127 Å². The van der Waals surface area contributed by atoms with Crippen LogP contribution in [0, 0.1) is 13.0 Å². The van der Waals surface area contributed by atoms with Crippen LogP contribution in [-0.4, -0.2) is 3.21 Å².